The summed E-state index contributed by atoms with van der Waals surface area (Å²) in [5, 5.41) is 0. The van der Waals surface area contributed by atoms with Crippen molar-refractivity contribution in [3.8, 4) is 0 Å². The molecule has 2 fully saturated rings. The van der Waals surface area contributed by atoms with Gasteiger partial charge in [0.15, 0.2) is 16.9 Å². The van der Waals surface area contributed by atoms with Crippen molar-refractivity contribution in [1.29, 1.82) is 0 Å². The van der Waals surface area contributed by atoms with Crippen molar-refractivity contribution >= 4 is 17.1 Å². The van der Waals surface area contributed by atoms with Crippen molar-refractivity contribution < 1.29 is 9.47 Å². The number of imidazole rings is 1. The largest absolute Gasteiger partial charge is 0.371 e. The highest BCUT2D eigenvalue weighted by molar-refractivity contribution is 5.70. The van der Waals surface area contributed by atoms with E-state index in [0.717, 1.165) is 6.42 Å². The number of rotatable bonds is 1. The topological polar surface area (TPSA) is 108 Å². The molecule has 2 unspecified atom stereocenters. The van der Waals surface area contributed by atoms with Gasteiger partial charge in [-0.15, -0.1) is 0 Å². The number of ether oxygens (including phenoxy) is 2. The number of anilines is 1. The van der Waals surface area contributed by atoms with Gasteiger partial charge in [-0.3, -0.25) is 14.3 Å². The molecule has 2 aromatic heterocycles. The van der Waals surface area contributed by atoms with Crippen LogP contribution in [0.5, 0.6) is 0 Å². The zero-order valence-corrected chi connectivity index (χ0v) is 9.42. The fourth-order valence-electron chi connectivity index (χ4n) is 2.64. The van der Waals surface area contributed by atoms with Crippen molar-refractivity contribution in [2.75, 3.05) is 18.9 Å². The molecule has 0 saturated carbocycles. The Bertz CT molecular complexity index is 682. The van der Waals surface area contributed by atoms with Gasteiger partial charge in [0.2, 0.25) is 5.95 Å². The van der Waals surface area contributed by atoms with E-state index in [-0.39, 0.29) is 23.1 Å². The fourth-order valence-corrected chi connectivity index (χ4v) is 2.64. The first kappa shape index (κ1) is 10.0. The lowest BCUT2D eigenvalue weighted by Gasteiger charge is -2.27. The van der Waals surface area contributed by atoms with Gasteiger partial charge in [0.1, 0.15) is 0 Å². The second kappa shape index (κ2) is 3.09. The Morgan fingerprint density at radius 2 is 2.50 bits per heavy atom. The molecular formula is C10H11N5O3. The Kier molecular flexibility index (Phi) is 1.72. The maximum absolute atomic E-state index is 11.7. The Morgan fingerprint density at radius 3 is 3.17 bits per heavy atom. The lowest BCUT2D eigenvalue weighted by Crippen LogP contribution is -2.36. The van der Waals surface area contributed by atoms with E-state index in [1.54, 1.807) is 10.9 Å². The number of hydrogen-bond donors (Lipinski definition) is 2. The van der Waals surface area contributed by atoms with Crippen LogP contribution < -0.4 is 11.3 Å². The van der Waals surface area contributed by atoms with Crippen LogP contribution >= 0.6 is 0 Å². The van der Waals surface area contributed by atoms with Crippen LogP contribution in [0.3, 0.4) is 0 Å². The number of nitrogens with zero attached hydrogens (tertiary/aromatic N) is 3. The molecule has 2 aliphatic heterocycles. The summed E-state index contributed by atoms with van der Waals surface area (Å²) in [6.45, 7) is 0.996. The summed E-state index contributed by atoms with van der Waals surface area (Å²) in [5.41, 5.74) is 5.32. The van der Waals surface area contributed by atoms with Crippen LogP contribution in [-0.4, -0.2) is 38.8 Å². The van der Waals surface area contributed by atoms with E-state index in [9.17, 15) is 4.79 Å². The number of nitrogens with two attached hydrogens (primary N) is 1. The Balaban J connectivity index is 1.99. The molecule has 2 atom stereocenters. The Morgan fingerprint density at radius 1 is 1.61 bits per heavy atom. The number of hydrogen-bond acceptors (Lipinski definition) is 6. The molecular weight excluding hydrogens is 238 g/mol. The Hall–Kier alpha value is -1.93. The number of nitrogen functional groups attached to an aromatic ring is 1. The first-order chi connectivity index (χ1) is 8.68. The summed E-state index contributed by atoms with van der Waals surface area (Å²) in [4.78, 5) is 22.3. The second-order valence-electron chi connectivity index (χ2n) is 4.63. The van der Waals surface area contributed by atoms with Crippen LogP contribution in [0.4, 0.5) is 5.95 Å². The summed E-state index contributed by atoms with van der Waals surface area (Å²) in [7, 11) is 0. The highest BCUT2D eigenvalue weighted by Crippen LogP contribution is 2.40. The molecule has 8 nitrogen and oxygen atoms in total. The highest BCUT2D eigenvalue weighted by atomic mass is 16.6. The lowest BCUT2D eigenvalue weighted by molar-refractivity contribution is -0.135. The number of H-pyrrole nitrogens is 1. The molecule has 0 aromatic carbocycles. The van der Waals surface area contributed by atoms with Crippen molar-refractivity contribution in [3.63, 3.8) is 0 Å². The molecule has 4 heterocycles. The zero-order valence-electron chi connectivity index (χ0n) is 9.42. The average Bonchev–Trinajstić information content (AvgIpc) is 3.00. The van der Waals surface area contributed by atoms with Crippen molar-refractivity contribution in [1.82, 2.24) is 19.5 Å². The monoisotopic (exact) mass is 249 g/mol. The van der Waals surface area contributed by atoms with E-state index < -0.39 is 5.72 Å². The van der Waals surface area contributed by atoms with Crippen LogP contribution in [0.2, 0.25) is 0 Å². The van der Waals surface area contributed by atoms with E-state index in [4.69, 9.17) is 15.2 Å². The summed E-state index contributed by atoms with van der Waals surface area (Å²) >= 11 is 0. The highest BCUT2D eigenvalue weighted by Gasteiger charge is 2.50. The standard InChI is InChI=1S/C10H11N5O3/c11-9-13-7-6(8(16)14-9)12-4-15(7)10-1-5(2-18-10)17-3-10/h4-5H,1-3H2,(H3,11,13,14,16). The number of fused-ring (bicyclic) bond motifs is 3. The summed E-state index contributed by atoms with van der Waals surface area (Å²) in [5.74, 6) is 0.0686. The minimum absolute atomic E-state index is 0.0686. The molecule has 18 heavy (non-hydrogen) atoms. The molecule has 94 valence electrons. The third kappa shape index (κ3) is 1.13. The molecule has 2 aromatic rings. The fraction of sp³-hybridized carbons (Fsp3) is 0.500. The second-order valence-corrected chi connectivity index (χ2v) is 4.63. The predicted octanol–water partition coefficient (Wildman–Crippen LogP) is -0.826. The van der Waals surface area contributed by atoms with Gasteiger partial charge >= 0.3 is 0 Å². The maximum Gasteiger partial charge on any atom is 0.280 e. The van der Waals surface area contributed by atoms with E-state index in [1.165, 1.54) is 0 Å². The van der Waals surface area contributed by atoms with Gasteiger partial charge in [0, 0.05) is 6.42 Å². The van der Waals surface area contributed by atoms with Crippen LogP contribution in [0.25, 0.3) is 11.2 Å². The molecule has 2 bridgehead atoms. The molecule has 0 spiro atoms. The van der Waals surface area contributed by atoms with Crippen molar-refractivity contribution in [2.24, 2.45) is 0 Å². The van der Waals surface area contributed by atoms with Gasteiger partial charge < -0.3 is 15.2 Å². The number of aromatic nitrogens is 4. The van der Waals surface area contributed by atoms with E-state index in [1.807, 2.05) is 0 Å². The van der Waals surface area contributed by atoms with Crippen LogP contribution in [-0.2, 0) is 15.2 Å². The first-order valence-electron chi connectivity index (χ1n) is 5.67. The first-order valence-corrected chi connectivity index (χ1v) is 5.67. The molecule has 2 aliphatic rings. The number of aromatic amines is 1. The molecule has 2 saturated heterocycles. The predicted molar refractivity (Wildman–Crippen MR) is 60.8 cm³/mol. The van der Waals surface area contributed by atoms with E-state index >= 15 is 0 Å². The van der Waals surface area contributed by atoms with Gasteiger partial charge in [0.25, 0.3) is 5.56 Å². The van der Waals surface area contributed by atoms with Crippen LogP contribution in [0.15, 0.2) is 11.1 Å². The van der Waals surface area contributed by atoms with Gasteiger partial charge in [-0.05, 0) is 0 Å². The molecule has 0 amide bonds. The zero-order chi connectivity index (χ0) is 12.3. The Labute approximate surface area is 101 Å². The van der Waals surface area contributed by atoms with Gasteiger partial charge in [-0.2, -0.15) is 4.98 Å². The SMILES string of the molecule is Nc1nc2c(ncn2C23COC(CO2)C3)c(=O)[nH]1. The molecule has 0 aliphatic carbocycles. The van der Waals surface area contributed by atoms with E-state index in [2.05, 4.69) is 15.0 Å². The van der Waals surface area contributed by atoms with Crippen LogP contribution in [0, 0.1) is 0 Å². The van der Waals surface area contributed by atoms with E-state index in [0.29, 0.717) is 18.9 Å². The number of nitrogens with one attached hydrogen (secondary N) is 1. The minimum atomic E-state index is -0.591. The molecule has 4 rings (SSSR count). The van der Waals surface area contributed by atoms with Gasteiger partial charge in [-0.25, -0.2) is 4.98 Å². The molecule has 3 N–H and O–H groups in total. The average molecular weight is 249 g/mol. The molecule has 8 heteroatoms. The third-order valence-electron chi connectivity index (χ3n) is 3.49. The lowest BCUT2D eigenvalue weighted by atomic mass is 10.1. The van der Waals surface area contributed by atoms with Crippen molar-refractivity contribution in [3.05, 3.63) is 16.7 Å². The summed E-state index contributed by atoms with van der Waals surface area (Å²) in [6, 6.07) is 0. The third-order valence-corrected chi connectivity index (χ3v) is 3.49. The van der Waals surface area contributed by atoms with Crippen molar-refractivity contribution in [2.45, 2.75) is 18.2 Å². The van der Waals surface area contributed by atoms with Crippen LogP contribution in [0.1, 0.15) is 6.42 Å². The maximum atomic E-state index is 11.7. The normalized spacial score (nSPS) is 30.3. The smallest absolute Gasteiger partial charge is 0.280 e. The van der Waals surface area contributed by atoms with Gasteiger partial charge in [0.05, 0.1) is 25.6 Å². The summed E-state index contributed by atoms with van der Waals surface area (Å²) < 4.78 is 13.1. The quantitative estimate of drug-likeness (QED) is 0.683. The van der Waals surface area contributed by atoms with Gasteiger partial charge in [-0.1, -0.05) is 0 Å². The molecule has 0 radical (unpaired) electrons. The summed E-state index contributed by atoms with van der Waals surface area (Å²) in [6.07, 6.45) is 2.41. The minimum Gasteiger partial charge on any atom is -0.371 e.